The van der Waals surface area contributed by atoms with Crippen LogP contribution in [0.3, 0.4) is 0 Å². The Morgan fingerprint density at radius 3 is 1.68 bits per heavy atom. The molecule has 0 saturated heterocycles. The van der Waals surface area contributed by atoms with E-state index in [4.69, 9.17) is 15.9 Å². The van der Waals surface area contributed by atoms with Gasteiger partial charge in [0.05, 0.1) is 12.3 Å². The molecule has 0 aliphatic rings. The highest BCUT2D eigenvalue weighted by atomic mass is 16.4. The Hall–Kier alpha value is -3.96. The minimum Gasteiger partial charge on any atom is -0.481 e. The Labute approximate surface area is 223 Å². The molecule has 12 nitrogen and oxygen atoms in total. The van der Waals surface area contributed by atoms with Gasteiger partial charge in [-0.3, -0.25) is 28.8 Å². The molecule has 1 unspecified atom stereocenters. The van der Waals surface area contributed by atoms with E-state index in [-0.39, 0.29) is 19.3 Å². The third-order valence-electron chi connectivity index (χ3n) is 4.81. The van der Waals surface area contributed by atoms with Gasteiger partial charge >= 0.3 is 17.9 Å². The van der Waals surface area contributed by atoms with Crippen molar-refractivity contribution in [3.8, 4) is 0 Å². The van der Waals surface area contributed by atoms with Crippen LogP contribution in [-0.4, -0.2) is 63.0 Å². The van der Waals surface area contributed by atoms with Crippen LogP contribution in [0.1, 0.15) is 72.6 Å². The van der Waals surface area contributed by atoms with E-state index in [1.807, 2.05) is 0 Å². The number of carboxylic acid groups (broad SMARTS) is 3. The van der Waals surface area contributed by atoms with Gasteiger partial charge in [0.25, 0.3) is 0 Å². The topological polar surface area (TPSA) is 213 Å². The van der Waals surface area contributed by atoms with E-state index in [2.05, 4.69) is 31.1 Å². The number of carbonyl (C=O) groups excluding carboxylic acids is 3. The summed E-state index contributed by atoms with van der Waals surface area (Å²) in [4.78, 5) is 70.4. The van der Waals surface area contributed by atoms with Crippen molar-refractivity contribution in [1.29, 1.82) is 0 Å². The maximum Gasteiger partial charge on any atom is 0.304 e. The van der Waals surface area contributed by atoms with Gasteiger partial charge in [0.15, 0.2) is 0 Å². The summed E-state index contributed by atoms with van der Waals surface area (Å²) in [5, 5.41) is 31.6. The third kappa shape index (κ3) is 18.3. The molecule has 0 aromatic heterocycles. The van der Waals surface area contributed by atoms with Crippen LogP contribution < -0.4 is 16.4 Å². The SMILES string of the molecule is C=C(C)/C=C\C(=C/C)C[C@H](CC(=O)O)C(=O)NC(CCC(=O)O)C(=O)N[C@@H](CCC(=O)O)C(N)=O.CCC. The third-order valence-corrected chi connectivity index (χ3v) is 4.81. The van der Waals surface area contributed by atoms with Crippen molar-refractivity contribution in [2.24, 2.45) is 11.7 Å². The van der Waals surface area contributed by atoms with Gasteiger partial charge in [0.1, 0.15) is 12.1 Å². The molecular weight excluding hydrogens is 498 g/mol. The first-order chi connectivity index (χ1) is 17.7. The van der Waals surface area contributed by atoms with Crippen molar-refractivity contribution in [1.82, 2.24) is 10.6 Å². The number of nitrogens with one attached hydrogen (secondary N) is 2. The summed E-state index contributed by atoms with van der Waals surface area (Å²) in [6.45, 7) is 11.4. The molecule has 0 fully saturated rings. The molecule has 0 radical (unpaired) electrons. The van der Waals surface area contributed by atoms with E-state index in [1.54, 1.807) is 32.1 Å². The van der Waals surface area contributed by atoms with Gasteiger partial charge in [-0.05, 0) is 33.1 Å². The lowest BCUT2D eigenvalue weighted by Gasteiger charge is -2.23. The van der Waals surface area contributed by atoms with Crippen LogP contribution in [0.5, 0.6) is 0 Å². The number of rotatable bonds is 17. The monoisotopic (exact) mass is 539 g/mol. The van der Waals surface area contributed by atoms with E-state index in [0.29, 0.717) is 5.57 Å². The fourth-order valence-electron chi connectivity index (χ4n) is 2.94. The van der Waals surface area contributed by atoms with Crippen LogP contribution in [-0.2, 0) is 28.8 Å². The first kappa shape index (κ1) is 36.2. The van der Waals surface area contributed by atoms with Gasteiger partial charge < -0.3 is 31.7 Å². The van der Waals surface area contributed by atoms with Crippen LogP contribution in [0.25, 0.3) is 0 Å². The number of nitrogens with two attached hydrogens (primary N) is 1. The smallest absolute Gasteiger partial charge is 0.304 e. The standard InChI is InChI=1S/C23H33N3O9.C3H8/c1-4-14(6-5-13(2)3)11-15(12-20(31)32)22(34)26-17(8-10-19(29)30)23(35)25-16(21(24)33)7-9-18(27)28;1-3-2/h4-6,15-17H,2,7-12H2,1,3H3,(H2,24,33)(H,25,35)(H,26,34)(H,27,28)(H,29,30)(H,31,32);3H2,1-2H3/b6-5-,14-4+;/t15-,16+,17?;/m1./s1. The van der Waals surface area contributed by atoms with Crippen LogP contribution in [0.2, 0.25) is 0 Å². The number of aliphatic carboxylic acids is 3. The number of carboxylic acids is 3. The molecule has 7 N–H and O–H groups in total. The summed E-state index contributed by atoms with van der Waals surface area (Å²) in [6.07, 6.45) is 4.13. The van der Waals surface area contributed by atoms with Gasteiger partial charge in [0.2, 0.25) is 17.7 Å². The molecule has 0 saturated carbocycles. The average Bonchev–Trinajstić information content (AvgIpc) is 2.80. The number of allylic oxidation sites excluding steroid dienone is 5. The molecule has 0 spiro atoms. The Morgan fingerprint density at radius 2 is 1.29 bits per heavy atom. The van der Waals surface area contributed by atoms with Gasteiger partial charge in [-0.15, -0.1) is 0 Å². The minimum atomic E-state index is -1.43. The number of hydrogen-bond donors (Lipinski definition) is 6. The molecule has 0 rings (SSSR count). The summed E-state index contributed by atoms with van der Waals surface area (Å²) >= 11 is 0. The molecule has 3 amide bonds. The van der Waals surface area contributed by atoms with Crippen molar-refractivity contribution in [2.45, 2.75) is 84.7 Å². The van der Waals surface area contributed by atoms with E-state index in [0.717, 1.165) is 5.57 Å². The second-order valence-electron chi connectivity index (χ2n) is 8.64. The zero-order chi connectivity index (χ0) is 29.8. The quantitative estimate of drug-likeness (QED) is 0.149. The van der Waals surface area contributed by atoms with Gasteiger partial charge in [-0.2, -0.15) is 0 Å². The number of primary amides is 1. The Bertz CT molecular complexity index is 910. The fraction of sp³-hybridized carbons (Fsp3) is 0.538. The van der Waals surface area contributed by atoms with E-state index < -0.39 is 72.9 Å². The number of amides is 3. The molecule has 0 aromatic rings. The summed E-state index contributed by atoms with van der Waals surface area (Å²) in [7, 11) is 0. The van der Waals surface area contributed by atoms with Crippen molar-refractivity contribution in [3.63, 3.8) is 0 Å². The molecule has 3 atom stereocenters. The first-order valence-electron chi connectivity index (χ1n) is 12.2. The number of carbonyl (C=O) groups is 6. The lowest BCUT2D eigenvalue weighted by Crippen LogP contribution is -2.54. The average molecular weight is 540 g/mol. The minimum absolute atomic E-state index is 0.0220. The molecule has 214 valence electrons. The predicted molar refractivity (Wildman–Crippen MR) is 141 cm³/mol. The highest BCUT2D eigenvalue weighted by Crippen LogP contribution is 2.19. The molecular formula is C26H41N3O9. The zero-order valence-electron chi connectivity index (χ0n) is 22.5. The maximum atomic E-state index is 12.9. The lowest BCUT2D eigenvalue weighted by molar-refractivity contribution is -0.142. The van der Waals surface area contributed by atoms with Crippen LogP contribution in [0.15, 0.2) is 36.0 Å². The lowest BCUT2D eigenvalue weighted by atomic mass is 9.93. The predicted octanol–water partition coefficient (Wildman–Crippen LogP) is 2.15. The van der Waals surface area contributed by atoms with Crippen LogP contribution in [0.4, 0.5) is 0 Å². The molecule has 38 heavy (non-hydrogen) atoms. The zero-order valence-corrected chi connectivity index (χ0v) is 22.5. The second-order valence-corrected chi connectivity index (χ2v) is 8.64. The highest BCUT2D eigenvalue weighted by molar-refractivity contribution is 5.93. The van der Waals surface area contributed by atoms with Crippen LogP contribution in [0, 0.1) is 5.92 Å². The molecule has 0 aromatic carbocycles. The van der Waals surface area contributed by atoms with Gasteiger partial charge in [-0.1, -0.05) is 56.2 Å². The number of hydrogen-bond acceptors (Lipinski definition) is 6. The van der Waals surface area contributed by atoms with Crippen molar-refractivity contribution in [2.75, 3.05) is 0 Å². The van der Waals surface area contributed by atoms with E-state index in [9.17, 15) is 33.9 Å². The second kappa shape index (κ2) is 20.1. The van der Waals surface area contributed by atoms with E-state index in [1.165, 1.54) is 6.42 Å². The van der Waals surface area contributed by atoms with Crippen molar-refractivity contribution >= 4 is 35.6 Å². The molecule has 0 heterocycles. The molecule has 12 heteroatoms. The van der Waals surface area contributed by atoms with E-state index >= 15 is 0 Å². The molecule has 0 aliphatic heterocycles. The maximum absolute atomic E-state index is 12.9. The Kier molecular flexibility index (Phi) is 19.2. The molecule has 0 bridgehead atoms. The molecule has 0 aliphatic carbocycles. The summed E-state index contributed by atoms with van der Waals surface area (Å²) in [6, 6.07) is -2.79. The van der Waals surface area contributed by atoms with Crippen molar-refractivity contribution in [3.05, 3.63) is 36.0 Å². The van der Waals surface area contributed by atoms with Crippen LogP contribution >= 0.6 is 0 Å². The summed E-state index contributed by atoms with van der Waals surface area (Å²) < 4.78 is 0. The Balaban J connectivity index is 0. The van der Waals surface area contributed by atoms with Gasteiger partial charge in [0, 0.05) is 12.8 Å². The van der Waals surface area contributed by atoms with Crippen molar-refractivity contribution < 1.29 is 44.1 Å². The largest absolute Gasteiger partial charge is 0.481 e. The first-order valence-corrected chi connectivity index (χ1v) is 12.2. The van der Waals surface area contributed by atoms with Gasteiger partial charge in [-0.25, -0.2) is 0 Å². The Morgan fingerprint density at radius 1 is 0.816 bits per heavy atom. The summed E-state index contributed by atoms with van der Waals surface area (Å²) in [5.41, 5.74) is 6.58. The highest BCUT2D eigenvalue weighted by Gasteiger charge is 2.30. The summed E-state index contributed by atoms with van der Waals surface area (Å²) in [5.74, 6) is -7.57. The normalized spacial score (nSPS) is 13.3. The fourth-order valence-corrected chi connectivity index (χ4v) is 2.94.